The Morgan fingerprint density at radius 2 is 2.06 bits per heavy atom. The number of hydrogen-bond acceptors (Lipinski definition) is 2. The SMILES string of the molecule is Cc1ccccc1CC(=O)NCCC(C)N.Cl. The second-order valence-corrected chi connectivity index (χ2v) is 4.22. The predicted octanol–water partition coefficient (Wildman–Crippen LogP) is 1.81. The summed E-state index contributed by atoms with van der Waals surface area (Å²) in [5.74, 6) is 0.0648. The van der Waals surface area contributed by atoms with E-state index in [-0.39, 0.29) is 24.4 Å². The highest BCUT2D eigenvalue weighted by Crippen LogP contribution is 2.07. The molecule has 0 radical (unpaired) electrons. The van der Waals surface area contributed by atoms with E-state index in [9.17, 15) is 4.79 Å². The highest BCUT2D eigenvalue weighted by molar-refractivity contribution is 5.85. The fourth-order valence-corrected chi connectivity index (χ4v) is 1.48. The van der Waals surface area contributed by atoms with E-state index in [1.54, 1.807) is 0 Å². The molecule has 4 heteroatoms. The van der Waals surface area contributed by atoms with Gasteiger partial charge in [-0.25, -0.2) is 0 Å². The first-order valence-corrected chi connectivity index (χ1v) is 5.66. The summed E-state index contributed by atoms with van der Waals surface area (Å²) in [5, 5.41) is 2.87. The number of nitrogens with one attached hydrogen (secondary N) is 1. The maximum atomic E-state index is 11.6. The summed E-state index contributed by atoms with van der Waals surface area (Å²) in [6.45, 7) is 4.61. The minimum Gasteiger partial charge on any atom is -0.356 e. The van der Waals surface area contributed by atoms with E-state index >= 15 is 0 Å². The Balaban J connectivity index is 0.00000256. The zero-order valence-electron chi connectivity index (χ0n) is 10.4. The van der Waals surface area contributed by atoms with Gasteiger partial charge in [-0.2, -0.15) is 0 Å². The summed E-state index contributed by atoms with van der Waals surface area (Å²) >= 11 is 0. The van der Waals surface area contributed by atoms with Gasteiger partial charge in [0.05, 0.1) is 6.42 Å². The lowest BCUT2D eigenvalue weighted by Crippen LogP contribution is -2.30. The standard InChI is InChI=1S/C13H20N2O.ClH/c1-10-5-3-4-6-12(10)9-13(16)15-8-7-11(2)14;/h3-6,11H,7-9,14H2,1-2H3,(H,15,16);1H. The molecule has 1 aromatic rings. The quantitative estimate of drug-likeness (QED) is 0.844. The van der Waals surface area contributed by atoms with E-state index in [4.69, 9.17) is 5.73 Å². The predicted molar refractivity (Wildman–Crippen MR) is 73.4 cm³/mol. The van der Waals surface area contributed by atoms with Crippen LogP contribution in [0.4, 0.5) is 0 Å². The second kappa shape index (κ2) is 8.09. The maximum Gasteiger partial charge on any atom is 0.224 e. The summed E-state index contributed by atoms with van der Waals surface area (Å²) in [6.07, 6.45) is 1.27. The number of aryl methyl sites for hydroxylation is 1. The van der Waals surface area contributed by atoms with Crippen LogP contribution >= 0.6 is 12.4 Å². The number of amides is 1. The highest BCUT2D eigenvalue weighted by Gasteiger charge is 2.04. The lowest BCUT2D eigenvalue weighted by atomic mass is 10.1. The topological polar surface area (TPSA) is 55.1 Å². The van der Waals surface area contributed by atoms with Gasteiger partial charge in [-0.05, 0) is 31.4 Å². The Morgan fingerprint density at radius 3 is 2.65 bits per heavy atom. The van der Waals surface area contributed by atoms with Gasteiger partial charge in [0.25, 0.3) is 0 Å². The average molecular weight is 257 g/mol. The normalized spacial score (nSPS) is 11.5. The minimum atomic E-state index is 0. The van der Waals surface area contributed by atoms with Crippen LogP contribution < -0.4 is 11.1 Å². The largest absolute Gasteiger partial charge is 0.356 e. The van der Waals surface area contributed by atoms with Gasteiger partial charge >= 0.3 is 0 Å². The molecule has 0 aromatic heterocycles. The van der Waals surface area contributed by atoms with Gasteiger partial charge in [0, 0.05) is 12.6 Å². The van der Waals surface area contributed by atoms with E-state index in [2.05, 4.69) is 5.32 Å². The van der Waals surface area contributed by atoms with Crippen molar-refractivity contribution < 1.29 is 4.79 Å². The summed E-state index contributed by atoms with van der Waals surface area (Å²) in [5.41, 5.74) is 7.85. The van der Waals surface area contributed by atoms with E-state index in [0.29, 0.717) is 13.0 Å². The van der Waals surface area contributed by atoms with Gasteiger partial charge in [-0.3, -0.25) is 4.79 Å². The summed E-state index contributed by atoms with van der Waals surface area (Å²) < 4.78 is 0. The molecule has 96 valence electrons. The highest BCUT2D eigenvalue weighted by atomic mass is 35.5. The Labute approximate surface area is 109 Å². The molecule has 1 aromatic carbocycles. The lowest BCUT2D eigenvalue weighted by Gasteiger charge is -2.08. The molecule has 0 fully saturated rings. The second-order valence-electron chi connectivity index (χ2n) is 4.22. The molecule has 0 saturated carbocycles. The van der Waals surface area contributed by atoms with Crippen LogP contribution in [0.5, 0.6) is 0 Å². The summed E-state index contributed by atoms with van der Waals surface area (Å²) in [7, 11) is 0. The summed E-state index contributed by atoms with van der Waals surface area (Å²) in [4.78, 5) is 11.6. The molecule has 0 bridgehead atoms. The number of nitrogens with two attached hydrogens (primary N) is 1. The van der Waals surface area contributed by atoms with Gasteiger partial charge < -0.3 is 11.1 Å². The van der Waals surface area contributed by atoms with Gasteiger partial charge in [0.2, 0.25) is 5.91 Å². The van der Waals surface area contributed by atoms with Crippen LogP contribution in [0.25, 0.3) is 0 Å². The smallest absolute Gasteiger partial charge is 0.224 e. The molecule has 1 amide bonds. The van der Waals surface area contributed by atoms with E-state index in [1.807, 2.05) is 38.1 Å². The molecule has 1 unspecified atom stereocenters. The molecule has 0 heterocycles. The van der Waals surface area contributed by atoms with Crippen molar-refractivity contribution in [3.8, 4) is 0 Å². The average Bonchev–Trinajstić information content (AvgIpc) is 2.21. The molecule has 1 atom stereocenters. The Hall–Kier alpha value is -1.06. The zero-order valence-corrected chi connectivity index (χ0v) is 11.2. The number of benzene rings is 1. The third-order valence-corrected chi connectivity index (χ3v) is 2.53. The number of rotatable bonds is 5. The van der Waals surface area contributed by atoms with Gasteiger partial charge in [0.1, 0.15) is 0 Å². The number of carbonyl (C=O) groups is 1. The lowest BCUT2D eigenvalue weighted by molar-refractivity contribution is -0.120. The van der Waals surface area contributed by atoms with Crippen molar-refractivity contribution in [3.63, 3.8) is 0 Å². The van der Waals surface area contributed by atoms with E-state index < -0.39 is 0 Å². The van der Waals surface area contributed by atoms with Crippen molar-refractivity contribution in [2.45, 2.75) is 32.7 Å². The van der Waals surface area contributed by atoms with Crippen molar-refractivity contribution in [1.29, 1.82) is 0 Å². The van der Waals surface area contributed by atoms with Crippen molar-refractivity contribution in [3.05, 3.63) is 35.4 Å². The third-order valence-electron chi connectivity index (χ3n) is 2.53. The first-order valence-electron chi connectivity index (χ1n) is 5.66. The zero-order chi connectivity index (χ0) is 12.0. The number of hydrogen-bond donors (Lipinski definition) is 2. The maximum absolute atomic E-state index is 11.6. The van der Waals surface area contributed by atoms with Crippen LogP contribution in [0.1, 0.15) is 24.5 Å². The molecular weight excluding hydrogens is 236 g/mol. The van der Waals surface area contributed by atoms with Crippen LogP contribution in [-0.2, 0) is 11.2 Å². The molecule has 0 aliphatic rings. The van der Waals surface area contributed by atoms with Gasteiger partial charge in [-0.15, -0.1) is 12.4 Å². The molecule has 0 spiro atoms. The Morgan fingerprint density at radius 1 is 1.41 bits per heavy atom. The summed E-state index contributed by atoms with van der Waals surface area (Å²) in [6, 6.07) is 8.08. The first-order chi connectivity index (χ1) is 7.59. The van der Waals surface area contributed by atoms with E-state index in [1.165, 1.54) is 0 Å². The van der Waals surface area contributed by atoms with Gasteiger partial charge in [0.15, 0.2) is 0 Å². The monoisotopic (exact) mass is 256 g/mol. The fourth-order valence-electron chi connectivity index (χ4n) is 1.48. The molecule has 3 N–H and O–H groups in total. The van der Waals surface area contributed by atoms with Crippen molar-refractivity contribution >= 4 is 18.3 Å². The molecule has 0 aliphatic carbocycles. The third kappa shape index (κ3) is 6.29. The first kappa shape index (κ1) is 15.9. The van der Waals surface area contributed by atoms with Crippen LogP contribution in [0.3, 0.4) is 0 Å². The Kier molecular flexibility index (Phi) is 7.59. The van der Waals surface area contributed by atoms with Crippen molar-refractivity contribution in [2.75, 3.05) is 6.54 Å². The molecule has 17 heavy (non-hydrogen) atoms. The molecule has 0 saturated heterocycles. The van der Waals surface area contributed by atoms with E-state index in [0.717, 1.165) is 17.5 Å². The number of halogens is 1. The van der Waals surface area contributed by atoms with Crippen LogP contribution in [0.2, 0.25) is 0 Å². The molecule has 3 nitrogen and oxygen atoms in total. The van der Waals surface area contributed by atoms with Crippen LogP contribution in [0.15, 0.2) is 24.3 Å². The molecular formula is C13H21ClN2O. The number of carbonyl (C=O) groups excluding carboxylic acids is 1. The molecule has 0 aliphatic heterocycles. The van der Waals surface area contributed by atoms with Gasteiger partial charge in [-0.1, -0.05) is 24.3 Å². The van der Waals surface area contributed by atoms with Crippen molar-refractivity contribution in [2.24, 2.45) is 5.73 Å². The fraction of sp³-hybridized carbons (Fsp3) is 0.462. The van der Waals surface area contributed by atoms with Crippen molar-refractivity contribution in [1.82, 2.24) is 5.32 Å². The Bertz CT molecular complexity index is 353. The van der Waals surface area contributed by atoms with Crippen LogP contribution in [0, 0.1) is 6.92 Å². The molecule has 1 rings (SSSR count). The minimum absolute atomic E-state index is 0. The van der Waals surface area contributed by atoms with Crippen LogP contribution in [-0.4, -0.2) is 18.5 Å².